The maximum absolute atomic E-state index is 13.1. The van der Waals surface area contributed by atoms with E-state index in [0.29, 0.717) is 21.7 Å². The highest BCUT2D eigenvalue weighted by molar-refractivity contribution is 7.93. The number of hydrogen-bond acceptors (Lipinski definition) is 5. The SMILES string of the molecule is CC(=O)Nc1cccc(S(C)(=O)=NC(=O)c2cncc(C#Cc3cccc(O)c3)c2)c1. The van der Waals surface area contributed by atoms with Gasteiger partial charge in [0.15, 0.2) is 0 Å². The quantitative estimate of drug-likeness (QED) is 0.615. The van der Waals surface area contributed by atoms with Gasteiger partial charge in [0.05, 0.1) is 15.3 Å². The Morgan fingerprint density at radius 1 is 1.03 bits per heavy atom. The van der Waals surface area contributed by atoms with E-state index in [-0.39, 0.29) is 17.2 Å². The second kappa shape index (κ2) is 9.24. The molecule has 3 aromatic rings. The van der Waals surface area contributed by atoms with Gasteiger partial charge in [-0.2, -0.15) is 4.36 Å². The molecule has 0 aliphatic heterocycles. The molecule has 0 saturated carbocycles. The molecule has 2 N–H and O–H groups in total. The van der Waals surface area contributed by atoms with Crippen molar-refractivity contribution >= 4 is 27.2 Å². The summed E-state index contributed by atoms with van der Waals surface area (Å²) < 4.78 is 17.0. The summed E-state index contributed by atoms with van der Waals surface area (Å²) in [6, 6.07) is 14.4. The van der Waals surface area contributed by atoms with Gasteiger partial charge in [-0.15, -0.1) is 0 Å². The van der Waals surface area contributed by atoms with Crippen LogP contribution >= 0.6 is 0 Å². The summed E-state index contributed by atoms with van der Waals surface area (Å²) >= 11 is 0. The lowest BCUT2D eigenvalue weighted by Crippen LogP contribution is -2.08. The summed E-state index contributed by atoms with van der Waals surface area (Å²) in [4.78, 5) is 28.2. The van der Waals surface area contributed by atoms with Crippen molar-refractivity contribution in [2.24, 2.45) is 4.36 Å². The highest BCUT2D eigenvalue weighted by Gasteiger charge is 2.13. The van der Waals surface area contributed by atoms with Crippen molar-refractivity contribution in [3.05, 3.63) is 83.7 Å². The lowest BCUT2D eigenvalue weighted by Gasteiger charge is -2.07. The summed E-state index contributed by atoms with van der Waals surface area (Å²) in [5.41, 5.74) is 1.69. The zero-order valence-electron chi connectivity index (χ0n) is 16.8. The Morgan fingerprint density at radius 2 is 1.77 bits per heavy atom. The molecule has 7 nitrogen and oxygen atoms in total. The van der Waals surface area contributed by atoms with E-state index in [9.17, 15) is 18.9 Å². The van der Waals surface area contributed by atoms with Crippen molar-refractivity contribution in [3.63, 3.8) is 0 Å². The molecule has 0 saturated heterocycles. The van der Waals surface area contributed by atoms with Crippen LogP contribution in [0.15, 0.2) is 76.2 Å². The number of phenols is 1. The van der Waals surface area contributed by atoms with Crippen molar-refractivity contribution in [1.29, 1.82) is 0 Å². The molecule has 0 bridgehead atoms. The number of amides is 2. The summed E-state index contributed by atoms with van der Waals surface area (Å²) in [6.45, 7) is 1.37. The molecule has 3 rings (SSSR count). The summed E-state index contributed by atoms with van der Waals surface area (Å²) in [6.07, 6.45) is 4.18. The molecule has 1 heterocycles. The van der Waals surface area contributed by atoms with Crippen molar-refractivity contribution in [3.8, 4) is 17.6 Å². The smallest absolute Gasteiger partial charge is 0.286 e. The lowest BCUT2D eigenvalue weighted by atomic mass is 10.1. The zero-order chi connectivity index (χ0) is 22.4. The third-order valence-corrected chi connectivity index (χ3v) is 5.67. The standard InChI is InChI=1S/C23H19N3O4S/c1-16(27)25-20-6-4-8-22(13-20)31(2,30)26-23(29)19-11-18(14-24-15-19)10-9-17-5-3-7-21(28)12-17/h3-8,11-15,28H,1-2H3,(H,25,27). The number of rotatable bonds is 3. The third kappa shape index (κ3) is 6.01. The molecule has 2 amide bonds. The van der Waals surface area contributed by atoms with Crippen LogP contribution in [-0.4, -0.2) is 32.4 Å². The minimum atomic E-state index is -3.06. The van der Waals surface area contributed by atoms with E-state index in [4.69, 9.17) is 0 Å². The van der Waals surface area contributed by atoms with E-state index in [2.05, 4.69) is 26.5 Å². The number of benzene rings is 2. The van der Waals surface area contributed by atoms with Crippen LogP contribution in [-0.2, 0) is 14.5 Å². The molecule has 8 heteroatoms. The average Bonchev–Trinajstić information content (AvgIpc) is 2.72. The van der Waals surface area contributed by atoms with Crippen molar-refractivity contribution in [2.45, 2.75) is 11.8 Å². The number of pyridine rings is 1. The zero-order valence-corrected chi connectivity index (χ0v) is 17.6. The molecular weight excluding hydrogens is 414 g/mol. The number of anilines is 1. The molecule has 0 spiro atoms. The van der Waals surface area contributed by atoms with Crippen molar-refractivity contribution < 1.29 is 18.9 Å². The first-order valence-corrected chi connectivity index (χ1v) is 11.1. The molecule has 156 valence electrons. The lowest BCUT2D eigenvalue weighted by molar-refractivity contribution is -0.114. The van der Waals surface area contributed by atoms with Gasteiger partial charge in [-0.05, 0) is 42.5 Å². The monoisotopic (exact) mass is 433 g/mol. The number of hydrogen-bond donors (Lipinski definition) is 2. The van der Waals surface area contributed by atoms with Gasteiger partial charge in [0.2, 0.25) is 5.91 Å². The number of nitrogens with one attached hydrogen (secondary N) is 1. The number of carbonyl (C=O) groups excluding carboxylic acids is 2. The molecule has 0 aliphatic carbocycles. The molecular formula is C23H19N3O4S. The van der Waals surface area contributed by atoms with Gasteiger partial charge in [0.25, 0.3) is 5.91 Å². The Labute approximate surface area is 180 Å². The number of aromatic hydroxyl groups is 1. The Kier molecular flexibility index (Phi) is 6.48. The molecule has 1 aromatic heterocycles. The number of phenolic OH excluding ortho intramolecular Hbond substituents is 1. The molecule has 2 aromatic carbocycles. The van der Waals surface area contributed by atoms with Gasteiger partial charge in [0, 0.05) is 47.3 Å². The predicted molar refractivity (Wildman–Crippen MR) is 118 cm³/mol. The third-order valence-electron chi connectivity index (χ3n) is 4.03. The second-order valence-corrected chi connectivity index (χ2v) is 8.93. The molecule has 0 fully saturated rings. The second-order valence-electron chi connectivity index (χ2n) is 6.67. The van der Waals surface area contributed by atoms with Crippen LogP contribution in [0.25, 0.3) is 0 Å². The van der Waals surface area contributed by atoms with Gasteiger partial charge < -0.3 is 10.4 Å². The van der Waals surface area contributed by atoms with Gasteiger partial charge >= 0.3 is 0 Å². The van der Waals surface area contributed by atoms with Crippen LogP contribution in [0.3, 0.4) is 0 Å². The van der Waals surface area contributed by atoms with Crippen LogP contribution in [0.1, 0.15) is 28.4 Å². The maximum atomic E-state index is 13.1. The van der Waals surface area contributed by atoms with Crippen LogP contribution in [0.4, 0.5) is 5.69 Å². The fourth-order valence-electron chi connectivity index (χ4n) is 2.63. The van der Waals surface area contributed by atoms with E-state index in [0.717, 1.165) is 0 Å². The summed E-state index contributed by atoms with van der Waals surface area (Å²) in [5, 5.41) is 12.1. The highest BCUT2D eigenvalue weighted by Crippen LogP contribution is 2.18. The van der Waals surface area contributed by atoms with Gasteiger partial charge in [-0.25, -0.2) is 4.21 Å². The van der Waals surface area contributed by atoms with Gasteiger partial charge in [0.1, 0.15) is 5.75 Å². The van der Waals surface area contributed by atoms with Gasteiger partial charge in [-0.1, -0.05) is 24.0 Å². The first-order chi connectivity index (χ1) is 14.7. The number of carbonyl (C=O) groups is 2. The average molecular weight is 433 g/mol. The van der Waals surface area contributed by atoms with Crippen LogP contribution in [0.2, 0.25) is 0 Å². The minimum absolute atomic E-state index is 0.105. The normalized spacial score (nSPS) is 12.1. The Morgan fingerprint density at radius 3 is 2.52 bits per heavy atom. The molecule has 31 heavy (non-hydrogen) atoms. The molecule has 1 unspecified atom stereocenters. The summed E-state index contributed by atoms with van der Waals surface area (Å²) in [5.74, 6) is 4.91. The molecule has 1 atom stereocenters. The fraction of sp³-hybridized carbons (Fsp3) is 0.0870. The number of aromatic nitrogens is 1. The van der Waals surface area contributed by atoms with E-state index < -0.39 is 15.6 Å². The molecule has 0 aliphatic rings. The largest absolute Gasteiger partial charge is 0.508 e. The van der Waals surface area contributed by atoms with Crippen LogP contribution in [0.5, 0.6) is 5.75 Å². The first-order valence-electron chi connectivity index (χ1n) is 9.13. The first kappa shape index (κ1) is 21.7. The van der Waals surface area contributed by atoms with E-state index in [1.807, 2.05) is 0 Å². The topological polar surface area (TPSA) is 109 Å². The van der Waals surface area contributed by atoms with Gasteiger partial charge in [-0.3, -0.25) is 14.6 Å². The summed E-state index contributed by atoms with van der Waals surface area (Å²) in [7, 11) is -3.06. The van der Waals surface area contributed by atoms with E-state index in [1.54, 1.807) is 36.4 Å². The molecule has 0 radical (unpaired) electrons. The van der Waals surface area contributed by atoms with Crippen molar-refractivity contribution in [2.75, 3.05) is 11.6 Å². The Bertz CT molecular complexity index is 1350. The van der Waals surface area contributed by atoms with Crippen LogP contribution < -0.4 is 5.32 Å². The Hall–Kier alpha value is -3.96. The van der Waals surface area contributed by atoms with Crippen molar-refractivity contribution in [1.82, 2.24) is 4.98 Å². The highest BCUT2D eigenvalue weighted by atomic mass is 32.2. The Balaban J connectivity index is 1.88. The van der Waals surface area contributed by atoms with E-state index >= 15 is 0 Å². The maximum Gasteiger partial charge on any atom is 0.286 e. The van der Waals surface area contributed by atoms with Crippen LogP contribution in [0, 0.1) is 11.8 Å². The predicted octanol–water partition coefficient (Wildman–Crippen LogP) is 3.44. The minimum Gasteiger partial charge on any atom is -0.508 e. The van der Waals surface area contributed by atoms with E-state index in [1.165, 1.54) is 43.8 Å². The number of nitrogens with zero attached hydrogens (tertiary/aromatic N) is 2. The fourth-order valence-corrected chi connectivity index (χ4v) is 3.83.